The van der Waals surface area contributed by atoms with Gasteiger partial charge in [-0.05, 0) is 0 Å². The van der Waals surface area contributed by atoms with E-state index in [0.717, 1.165) is 22.7 Å². The molecule has 0 bridgehead atoms. The number of thioether (sulfide) groups is 1. The quantitative estimate of drug-likeness (QED) is 0.771. The molecule has 2 rings (SSSR count). The van der Waals surface area contributed by atoms with E-state index in [9.17, 15) is 13.6 Å². The first-order valence-electron chi connectivity index (χ1n) is 4.79. The molecule has 0 saturated carbocycles. The van der Waals surface area contributed by atoms with Crippen LogP contribution in [-0.2, 0) is 0 Å². The minimum absolute atomic E-state index is 0.253. The van der Waals surface area contributed by atoms with Gasteiger partial charge in [-0.15, -0.1) is 11.8 Å². The van der Waals surface area contributed by atoms with Crippen molar-refractivity contribution in [3.8, 4) is 0 Å². The van der Waals surface area contributed by atoms with Gasteiger partial charge in [0.15, 0.2) is 0 Å². The van der Waals surface area contributed by atoms with Gasteiger partial charge in [0.1, 0.15) is 11.7 Å². The maximum Gasteiger partial charge on any atom is 0.353 e. The molecule has 1 aliphatic heterocycles. The predicted octanol–water partition coefficient (Wildman–Crippen LogP) is -0.148. The van der Waals surface area contributed by atoms with Gasteiger partial charge < -0.3 is 10.8 Å². The zero-order chi connectivity index (χ0) is 12.6. The number of anilines is 1. The number of rotatable bonds is 2. The Kier molecular flexibility index (Phi) is 3.04. The molecule has 1 aliphatic rings. The molecule has 0 aromatic carbocycles. The van der Waals surface area contributed by atoms with Crippen LogP contribution >= 0.6 is 11.8 Å². The van der Waals surface area contributed by atoms with Crippen LogP contribution in [0.5, 0.6) is 0 Å². The summed E-state index contributed by atoms with van der Waals surface area (Å²) >= 11 is 0.833. The third-order valence-corrected chi connectivity index (χ3v) is 3.91. The van der Waals surface area contributed by atoms with E-state index in [1.165, 1.54) is 0 Å². The number of hydrogen-bond donors (Lipinski definition) is 2. The van der Waals surface area contributed by atoms with Crippen molar-refractivity contribution in [1.29, 1.82) is 0 Å². The number of nitrogens with zero attached hydrogens (tertiary/aromatic N) is 3. The van der Waals surface area contributed by atoms with E-state index in [1.54, 1.807) is 0 Å². The van der Waals surface area contributed by atoms with Crippen molar-refractivity contribution in [2.75, 3.05) is 12.3 Å². The Hall–Kier alpha value is -1.22. The lowest BCUT2D eigenvalue weighted by molar-refractivity contribution is -0.0225. The van der Waals surface area contributed by atoms with Crippen molar-refractivity contribution in [2.24, 2.45) is 0 Å². The summed E-state index contributed by atoms with van der Waals surface area (Å²) in [4.78, 5) is 18.3. The number of aliphatic hydroxyl groups excluding tert-OH is 1. The molecular weight excluding hydrogens is 254 g/mol. The normalized spacial score (nSPS) is 27.2. The van der Waals surface area contributed by atoms with Crippen LogP contribution in [0.2, 0.25) is 0 Å². The van der Waals surface area contributed by atoms with Crippen molar-refractivity contribution in [3.05, 3.63) is 16.8 Å². The molecule has 6 nitrogen and oxygen atoms in total. The minimum atomic E-state index is -3.08. The molecule has 0 radical (unpaired) electrons. The third-order valence-electron chi connectivity index (χ3n) is 2.38. The van der Waals surface area contributed by atoms with Crippen LogP contribution < -0.4 is 11.4 Å². The van der Waals surface area contributed by atoms with Crippen molar-refractivity contribution in [1.82, 2.24) is 14.5 Å². The number of nitrogens with two attached hydrogens (primary N) is 1. The van der Waals surface area contributed by atoms with Gasteiger partial charge in [0.2, 0.25) is 5.95 Å². The van der Waals surface area contributed by atoms with Crippen LogP contribution in [0.1, 0.15) is 11.8 Å². The predicted molar refractivity (Wildman–Crippen MR) is 57.8 cm³/mol. The summed E-state index contributed by atoms with van der Waals surface area (Å²) in [5.74, 6) is -3.34. The van der Waals surface area contributed by atoms with E-state index in [4.69, 9.17) is 10.8 Å². The van der Waals surface area contributed by atoms with E-state index in [0.29, 0.717) is 0 Å². The lowest BCUT2D eigenvalue weighted by atomic mass is 10.2. The minimum Gasteiger partial charge on any atom is -0.395 e. The van der Waals surface area contributed by atoms with Crippen molar-refractivity contribution in [2.45, 2.75) is 23.0 Å². The molecule has 1 fully saturated rings. The van der Waals surface area contributed by atoms with Gasteiger partial charge in [0, 0.05) is 11.7 Å². The zero-order valence-electron chi connectivity index (χ0n) is 8.58. The molecular formula is C8H10F2N4O2S. The second-order valence-corrected chi connectivity index (χ2v) is 5.05. The number of aromatic nitrogens is 3. The summed E-state index contributed by atoms with van der Waals surface area (Å²) in [6.07, 6.45) is 0.478. The van der Waals surface area contributed by atoms with E-state index < -0.39 is 28.7 Å². The molecule has 2 atom stereocenters. The van der Waals surface area contributed by atoms with Gasteiger partial charge in [0.25, 0.3) is 5.92 Å². The lowest BCUT2D eigenvalue weighted by Gasteiger charge is -2.19. The first-order valence-corrected chi connectivity index (χ1v) is 5.73. The van der Waals surface area contributed by atoms with Crippen molar-refractivity contribution < 1.29 is 13.9 Å². The highest BCUT2D eigenvalue weighted by Gasteiger charge is 2.51. The molecule has 3 N–H and O–H groups in total. The van der Waals surface area contributed by atoms with Gasteiger partial charge >= 0.3 is 5.69 Å². The van der Waals surface area contributed by atoms with Crippen LogP contribution in [0.25, 0.3) is 0 Å². The highest BCUT2D eigenvalue weighted by atomic mass is 32.2. The molecule has 0 amide bonds. The van der Waals surface area contributed by atoms with E-state index in [-0.39, 0.29) is 12.6 Å². The van der Waals surface area contributed by atoms with E-state index in [1.807, 2.05) is 0 Å². The Morgan fingerprint density at radius 1 is 1.71 bits per heavy atom. The molecule has 94 valence electrons. The standard InChI is InChI=1S/C8H10F2N4O2S/c9-8(10)1-4(2-15)17-5(8)14-3-12-6(11)13-7(14)16/h3-5,15H,1-2H2,(H2,11,13,16)/t4-,5+/m0/s1. The summed E-state index contributed by atoms with van der Waals surface area (Å²) in [5, 5.41) is 6.89. The number of nitrogen functional groups attached to an aromatic ring is 1. The third kappa shape index (κ3) is 2.25. The smallest absolute Gasteiger partial charge is 0.353 e. The van der Waals surface area contributed by atoms with Gasteiger partial charge in [-0.2, -0.15) is 4.98 Å². The largest absolute Gasteiger partial charge is 0.395 e. The Bertz CT molecular complexity index is 481. The SMILES string of the molecule is Nc1ncn([C@@H]2S[C@H](CO)CC2(F)F)c(=O)n1. The summed E-state index contributed by atoms with van der Waals surface area (Å²) < 4.78 is 28.0. The van der Waals surface area contributed by atoms with Gasteiger partial charge in [-0.3, -0.25) is 4.57 Å². The van der Waals surface area contributed by atoms with Crippen LogP contribution in [0, 0.1) is 0 Å². The molecule has 17 heavy (non-hydrogen) atoms. The lowest BCUT2D eigenvalue weighted by Crippen LogP contribution is -2.33. The van der Waals surface area contributed by atoms with E-state index >= 15 is 0 Å². The van der Waals surface area contributed by atoms with E-state index in [2.05, 4.69) is 9.97 Å². The fourth-order valence-corrected chi connectivity index (χ4v) is 2.97. The number of hydrogen-bond acceptors (Lipinski definition) is 6. The number of aliphatic hydroxyl groups is 1. The second kappa shape index (κ2) is 4.22. The molecule has 1 saturated heterocycles. The van der Waals surface area contributed by atoms with Crippen molar-refractivity contribution in [3.63, 3.8) is 0 Å². The van der Waals surface area contributed by atoms with Crippen LogP contribution in [0.15, 0.2) is 11.1 Å². The highest BCUT2D eigenvalue weighted by Crippen LogP contribution is 2.50. The zero-order valence-corrected chi connectivity index (χ0v) is 9.40. The number of alkyl halides is 2. The van der Waals surface area contributed by atoms with Gasteiger partial charge in [-0.1, -0.05) is 0 Å². The fraction of sp³-hybridized carbons (Fsp3) is 0.625. The molecule has 0 unspecified atom stereocenters. The summed E-state index contributed by atoms with van der Waals surface area (Å²) in [6, 6.07) is 0. The Labute approximate surface area is 98.9 Å². The second-order valence-electron chi connectivity index (χ2n) is 3.66. The Morgan fingerprint density at radius 2 is 2.41 bits per heavy atom. The molecule has 1 aromatic heterocycles. The first-order chi connectivity index (χ1) is 7.94. The Morgan fingerprint density at radius 3 is 2.94 bits per heavy atom. The molecule has 0 spiro atoms. The maximum atomic E-state index is 13.6. The van der Waals surface area contributed by atoms with Crippen LogP contribution in [0.3, 0.4) is 0 Å². The molecule has 9 heteroatoms. The monoisotopic (exact) mass is 264 g/mol. The maximum absolute atomic E-state index is 13.6. The van der Waals surface area contributed by atoms with Crippen molar-refractivity contribution >= 4 is 17.7 Å². The molecule has 2 heterocycles. The van der Waals surface area contributed by atoms with Gasteiger partial charge in [0.05, 0.1) is 6.61 Å². The summed E-state index contributed by atoms with van der Waals surface area (Å²) in [7, 11) is 0. The first kappa shape index (κ1) is 12.2. The van der Waals surface area contributed by atoms with Crippen LogP contribution in [0.4, 0.5) is 14.7 Å². The topological polar surface area (TPSA) is 94.0 Å². The summed E-state index contributed by atoms with van der Waals surface area (Å²) in [5.41, 5.74) is 4.31. The highest BCUT2D eigenvalue weighted by molar-refractivity contribution is 8.00. The van der Waals surface area contributed by atoms with Crippen LogP contribution in [-0.4, -0.2) is 37.4 Å². The summed E-state index contributed by atoms with van der Waals surface area (Å²) in [6.45, 7) is -0.360. The Balaban J connectivity index is 2.37. The number of halogens is 2. The molecule has 0 aliphatic carbocycles. The average Bonchev–Trinajstić information content (AvgIpc) is 2.54. The fourth-order valence-electron chi connectivity index (χ4n) is 1.63. The average molecular weight is 264 g/mol. The molecule has 1 aromatic rings. The van der Waals surface area contributed by atoms with Gasteiger partial charge in [-0.25, -0.2) is 18.6 Å².